The highest BCUT2D eigenvalue weighted by Crippen LogP contribution is 2.34. The van der Waals surface area contributed by atoms with Crippen LogP contribution in [0.25, 0.3) is 22.9 Å². The molecule has 122 valence electrons. The highest BCUT2D eigenvalue weighted by Gasteiger charge is 2.14. The average molecular weight is 350 g/mol. The summed E-state index contributed by atoms with van der Waals surface area (Å²) in [5.41, 5.74) is 2.81. The first-order chi connectivity index (χ1) is 12.2. The van der Waals surface area contributed by atoms with E-state index in [0.717, 1.165) is 11.1 Å². The SMILES string of the molecule is N#CC(=Cc1ccc2c(c1)OCO2)c1nc(-c2ccc(F)cc2)cs1. The number of nitrogens with zero attached hydrogens (tertiary/aromatic N) is 2. The predicted octanol–water partition coefficient (Wildman–Crippen LogP) is 4.74. The molecule has 6 heteroatoms. The maximum Gasteiger partial charge on any atom is 0.231 e. The van der Waals surface area contributed by atoms with Gasteiger partial charge in [0.2, 0.25) is 6.79 Å². The van der Waals surface area contributed by atoms with E-state index >= 15 is 0 Å². The molecule has 3 aromatic rings. The number of halogens is 1. The van der Waals surface area contributed by atoms with Crippen molar-refractivity contribution in [3.05, 3.63) is 64.2 Å². The van der Waals surface area contributed by atoms with Crippen molar-refractivity contribution in [3.8, 4) is 28.8 Å². The number of hydrogen-bond donors (Lipinski definition) is 0. The van der Waals surface area contributed by atoms with Gasteiger partial charge in [-0.3, -0.25) is 0 Å². The largest absolute Gasteiger partial charge is 0.454 e. The molecule has 0 saturated heterocycles. The highest BCUT2D eigenvalue weighted by molar-refractivity contribution is 7.11. The Morgan fingerprint density at radius 2 is 1.96 bits per heavy atom. The van der Waals surface area contributed by atoms with E-state index in [4.69, 9.17) is 9.47 Å². The zero-order valence-corrected chi connectivity index (χ0v) is 13.7. The van der Waals surface area contributed by atoms with Crippen LogP contribution in [0.1, 0.15) is 10.6 Å². The lowest BCUT2D eigenvalue weighted by molar-refractivity contribution is 0.174. The van der Waals surface area contributed by atoms with Crippen LogP contribution in [-0.4, -0.2) is 11.8 Å². The van der Waals surface area contributed by atoms with Crippen molar-refractivity contribution in [1.82, 2.24) is 4.98 Å². The molecule has 0 atom stereocenters. The summed E-state index contributed by atoms with van der Waals surface area (Å²) in [6.45, 7) is 0.209. The van der Waals surface area contributed by atoms with Crippen molar-refractivity contribution in [2.75, 3.05) is 6.79 Å². The van der Waals surface area contributed by atoms with Gasteiger partial charge in [0, 0.05) is 10.9 Å². The minimum Gasteiger partial charge on any atom is -0.454 e. The van der Waals surface area contributed by atoms with Gasteiger partial charge in [-0.05, 0) is 48.0 Å². The Morgan fingerprint density at radius 3 is 2.76 bits per heavy atom. The molecule has 0 unspecified atom stereocenters. The molecule has 1 aliphatic heterocycles. The summed E-state index contributed by atoms with van der Waals surface area (Å²) in [5.74, 6) is 1.07. The van der Waals surface area contributed by atoms with Gasteiger partial charge < -0.3 is 9.47 Å². The molecule has 25 heavy (non-hydrogen) atoms. The van der Waals surface area contributed by atoms with Crippen LogP contribution in [0.2, 0.25) is 0 Å². The summed E-state index contributed by atoms with van der Waals surface area (Å²) < 4.78 is 23.7. The molecule has 0 N–H and O–H groups in total. The summed E-state index contributed by atoms with van der Waals surface area (Å²) in [6, 6.07) is 13.8. The maximum atomic E-state index is 13.0. The summed E-state index contributed by atoms with van der Waals surface area (Å²) in [4.78, 5) is 4.50. The molecule has 0 bridgehead atoms. The van der Waals surface area contributed by atoms with Crippen LogP contribution >= 0.6 is 11.3 Å². The topological polar surface area (TPSA) is 55.1 Å². The van der Waals surface area contributed by atoms with E-state index in [9.17, 15) is 9.65 Å². The maximum absolute atomic E-state index is 13.0. The first-order valence-corrected chi connectivity index (χ1v) is 8.34. The third kappa shape index (κ3) is 3.10. The van der Waals surface area contributed by atoms with Gasteiger partial charge in [-0.25, -0.2) is 9.37 Å². The molecule has 0 aliphatic carbocycles. The molecule has 0 saturated carbocycles. The Hall–Kier alpha value is -3.17. The molecular weight excluding hydrogens is 339 g/mol. The Kier molecular flexibility index (Phi) is 3.92. The van der Waals surface area contributed by atoms with Crippen molar-refractivity contribution < 1.29 is 13.9 Å². The van der Waals surface area contributed by atoms with E-state index < -0.39 is 0 Å². The zero-order chi connectivity index (χ0) is 17.2. The summed E-state index contributed by atoms with van der Waals surface area (Å²) in [7, 11) is 0. The van der Waals surface area contributed by atoms with E-state index in [1.54, 1.807) is 18.2 Å². The third-order valence-corrected chi connectivity index (χ3v) is 4.58. The number of thiazole rings is 1. The lowest BCUT2D eigenvalue weighted by atomic mass is 10.1. The van der Waals surface area contributed by atoms with Gasteiger partial charge >= 0.3 is 0 Å². The molecule has 1 aliphatic rings. The second-order valence-corrected chi connectivity index (χ2v) is 6.19. The minimum atomic E-state index is -0.292. The molecule has 0 fully saturated rings. The standard InChI is InChI=1S/C19H11FN2O2S/c20-15-4-2-13(3-5-15)16-10-25-19(22-16)14(9-21)7-12-1-6-17-18(8-12)24-11-23-17/h1-8,10H,11H2. The van der Waals surface area contributed by atoms with E-state index in [1.165, 1.54) is 23.5 Å². The fraction of sp³-hybridized carbons (Fsp3) is 0.0526. The Labute approximate surface area is 147 Å². The molecule has 0 amide bonds. The molecule has 4 rings (SSSR count). The van der Waals surface area contributed by atoms with Crippen molar-refractivity contribution in [3.63, 3.8) is 0 Å². The van der Waals surface area contributed by atoms with Gasteiger partial charge in [-0.2, -0.15) is 5.26 Å². The fourth-order valence-electron chi connectivity index (χ4n) is 2.46. The van der Waals surface area contributed by atoms with Gasteiger partial charge in [0.05, 0.1) is 11.3 Å². The molecule has 4 nitrogen and oxygen atoms in total. The van der Waals surface area contributed by atoms with Crippen LogP contribution < -0.4 is 9.47 Å². The van der Waals surface area contributed by atoms with Gasteiger partial charge in [0.1, 0.15) is 16.9 Å². The normalized spacial score (nSPS) is 12.9. The first-order valence-electron chi connectivity index (χ1n) is 7.46. The molecule has 2 heterocycles. The number of benzene rings is 2. The lowest BCUT2D eigenvalue weighted by Gasteiger charge is -1.99. The Balaban J connectivity index is 1.65. The van der Waals surface area contributed by atoms with E-state index in [1.807, 2.05) is 23.6 Å². The number of hydrogen-bond acceptors (Lipinski definition) is 5. The van der Waals surface area contributed by atoms with Crippen LogP contribution in [0.15, 0.2) is 47.8 Å². The quantitative estimate of drug-likeness (QED) is 0.640. The lowest BCUT2D eigenvalue weighted by Crippen LogP contribution is -1.92. The van der Waals surface area contributed by atoms with Crippen LogP contribution in [0.3, 0.4) is 0 Å². The number of aromatic nitrogens is 1. The Morgan fingerprint density at radius 1 is 1.16 bits per heavy atom. The molecule has 1 aromatic heterocycles. The summed E-state index contributed by atoms with van der Waals surface area (Å²) in [5, 5.41) is 12.0. The second-order valence-electron chi connectivity index (χ2n) is 5.33. The number of nitriles is 1. The van der Waals surface area contributed by atoms with Crippen molar-refractivity contribution >= 4 is 23.0 Å². The average Bonchev–Trinajstić information content (AvgIpc) is 3.29. The molecule has 2 aromatic carbocycles. The smallest absolute Gasteiger partial charge is 0.231 e. The van der Waals surface area contributed by atoms with Crippen molar-refractivity contribution in [1.29, 1.82) is 5.26 Å². The number of rotatable bonds is 3. The first kappa shape index (κ1) is 15.4. The van der Waals surface area contributed by atoms with Crippen LogP contribution in [-0.2, 0) is 0 Å². The summed E-state index contributed by atoms with van der Waals surface area (Å²) in [6.07, 6.45) is 1.76. The summed E-state index contributed by atoms with van der Waals surface area (Å²) >= 11 is 1.37. The number of allylic oxidation sites excluding steroid dienone is 1. The van der Waals surface area contributed by atoms with Gasteiger partial charge in [-0.15, -0.1) is 11.3 Å². The van der Waals surface area contributed by atoms with Crippen LogP contribution in [0.4, 0.5) is 4.39 Å². The number of fused-ring (bicyclic) bond motifs is 1. The van der Waals surface area contributed by atoms with Crippen LogP contribution in [0.5, 0.6) is 11.5 Å². The predicted molar refractivity (Wildman–Crippen MR) is 93.6 cm³/mol. The molecule has 0 radical (unpaired) electrons. The molecular formula is C19H11FN2O2S. The highest BCUT2D eigenvalue weighted by atomic mass is 32.1. The van der Waals surface area contributed by atoms with Crippen molar-refractivity contribution in [2.24, 2.45) is 0 Å². The van der Waals surface area contributed by atoms with Crippen LogP contribution in [0, 0.1) is 17.1 Å². The fourth-order valence-corrected chi connectivity index (χ4v) is 3.26. The number of ether oxygens (including phenoxy) is 2. The minimum absolute atomic E-state index is 0.209. The monoisotopic (exact) mass is 350 g/mol. The van der Waals surface area contributed by atoms with E-state index in [0.29, 0.717) is 27.8 Å². The zero-order valence-electron chi connectivity index (χ0n) is 12.9. The third-order valence-electron chi connectivity index (χ3n) is 3.70. The van der Waals surface area contributed by atoms with Gasteiger partial charge in [-0.1, -0.05) is 6.07 Å². The van der Waals surface area contributed by atoms with Crippen molar-refractivity contribution in [2.45, 2.75) is 0 Å². The Bertz CT molecular complexity index is 1000. The van der Waals surface area contributed by atoms with E-state index in [2.05, 4.69) is 11.1 Å². The second kappa shape index (κ2) is 6.38. The molecule has 0 spiro atoms. The van der Waals surface area contributed by atoms with E-state index in [-0.39, 0.29) is 12.6 Å². The van der Waals surface area contributed by atoms with Gasteiger partial charge in [0.15, 0.2) is 11.5 Å². The van der Waals surface area contributed by atoms with Gasteiger partial charge in [0.25, 0.3) is 0 Å².